The highest BCUT2D eigenvalue weighted by molar-refractivity contribution is 7.15. The molecule has 0 saturated carbocycles. The zero-order valence-electron chi connectivity index (χ0n) is 14.7. The van der Waals surface area contributed by atoms with Gasteiger partial charge in [0.1, 0.15) is 5.01 Å². The molecular formula is C16H24N6O2S. The van der Waals surface area contributed by atoms with Gasteiger partial charge < -0.3 is 4.52 Å². The summed E-state index contributed by atoms with van der Waals surface area (Å²) in [5, 5.41) is 16.5. The average Bonchev–Trinajstić information content (AvgIpc) is 3.19. The lowest BCUT2D eigenvalue weighted by Gasteiger charge is -2.30. The Kier molecular flexibility index (Phi) is 6.09. The second kappa shape index (κ2) is 8.48. The fraction of sp³-hybridized carbons (Fsp3) is 0.688. The molecule has 0 bridgehead atoms. The van der Waals surface area contributed by atoms with E-state index in [0.29, 0.717) is 23.5 Å². The van der Waals surface area contributed by atoms with Crippen LogP contribution in [0, 0.1) is 12.8 Å². The number of anilines is 1. The molecule has 25 heavy (non-hydrogen) atoms. The molecule has 1 aliphatic rings. The van der Waals surface area contributed by atoms with E-state index in [4.69, 9.17) is 4.52 Å². The Morgan fingerprint density at radius 2 is 2.16 bits per heavy atom. The van der Waals surface area contributed by atoms with Crippen molar-refractivity contribution in [2.24, 2.45) is 5.92 Å². The van der Waals surface area contributed by atoms with Crippen molar-refractivity contribution in [3.63, 3.8) is 0 Å². The van der Waals surface area contributed by atoms with Crippen molar-refractivity contribution < 1.29 is 9.32 Å². The van der Waals surface area contributed by atoms with Crippen molar-refractivity contribution in [1.82, 2.24) is 25.2 Å². The standard InChI is InChI=1S/C16H24N6O2S/c1-3-4-15-19-20-16(25-15)18-14(23)10-22-7-5-12(6-8-22)9-13-17-11(2)24-21-13/h12H,3-10H2,1-2H3,(H,18,20,23). The lowest BCUT2D eigenvalue weighted by atomic mass is 9.93. The third-order valence-corrected chi connectivity index (χ3v) is 5.19. The van der Waals surface area contributed by atoms with Gasteiger partial charge in [0, 0.05) is 19.8 Å². The summed E-state index contributed by atoms with van der Waals surface area (Å²) in [5.41, 5.74) is 0. The van der Waals surface area contributed by atoms with E-state index < -0.39 is 0 Å². The lowest BCUT2D eigenvalue weighted by Crippen LogP contribution is -2.39. The molecule has 2 aromatic rings. The van der Waals surface area contributed by atoms with Crippen LogP contribution in [0.25, 0.3) is 0 Å². The zero-order valence-corrected chi connectivity index (χ0v) is 15.5. The molecule has 0 atom stereocenters. The van der Waals surface area contributed by atoms with Crippen LogP contribution in [0.3, 0.4) is 0 Å². The number of piperidine rings is 1. The minimum atomic E-state index is -0.0218. The summed E-state index contributed by atoms with van der Waals surface area (Å²) in [6, 6.07) is 0. The Morgan fingerprint density at radius 3 is 2.84 bits per heavy atom. The molecule has 1 fully saturated rings. The van der Waals surface area contributed by atoms with E-state index in [2.05, 4.69) is 37.5 Å². The first-order chi connectivity index (χ1) is 12.1. The van der Waals surface area contributed by atoms with Crippen molar-refractivity contribution in [3.05, 3.63) is 16.7 Å². The molecule has 1 saturated heterocycles. The van der Waals surface area contributed by atoms with Crippen LogP contribution in [0.2, 0.25) is 0 Å². The first-order valence-corrected chi connectivity index (χ1v) is 9.57. The minimum Gasteiger partial charge on any atom is -0.340 e. The summed E-state index contributed by atoms with van der Waals surface area (Å²) in [6.07, 6.45) is 4.87. The summed E-state index contributed by atoms with van der Waals surface area (Å²) in [5.74, 6) is 1.93. The molecule has 3 rings (SSSR count). The number of likely N-dealkylation sites (tertiary alicyclic amines) is 1. The van der Waals surface area contributed by atoms with Gasteiger partial charge in [0.2, 0.25) is 16.9 Å². The lowest BCUT2D eigenvalue weighted by molar-refractivity contribution is -0.117. The summed E-state index contributed by atoms with van der Waals surface area (Å²) in [4.78, 5) is 18.6. The van der Waals surface area contributed by atoms with Gasteiger partial charge in [-0.15, -0.1) is 10.2 Å². The highest BCUT2D eigenvalue weighted by Crippen LogP contribution is 2.21. The normalized spacial score (nSPS) is 16.2. The van der Waals surface area contributed by atoms with Gasteiger partial charge in [-0.1, -0.05) is 23.4 Å². The van der Waals surface area contributed by atoms with Gasteiger partial charge in [0.15, 0.2) is 5.82 Å². The Labute approximate surface area is 151 Å². The predicted octanol–water partition coefficient (Wildman–Crippen LogP) is 2.08. The molecule has 1 amide bonds. The van der Waals surface area contributed by atoms with Gasteiger partial charge >= 0.3 is 0 Å². The van der Waals surface area contributed by atoms with Crippen LogP contribution in [0.4, 0.5) is 5.13 Å². The molecular weight excluding hydrogens is 340 g/mol. The van der Waals surface area contributed by atoms with E-state index >= 15 is 0 Å². The van der Waals surface area contributed by atoms with Crippen molar-refractivity contribution >= 4 is 22.4 Å². The molecule has 9 heteroatoms. The van der Waals surface area contributed by atoms with Crippen LogP contribution in [0.15, 0.2) is 4.52 Å². The first kappa shape index (κ1) is 17.9. The Morgan fingerprint density at radius 1 is 1.36 bits per heavy atom. The van der Waals surface area contributed by atoms with Crippen molar-refractivity contribution in [1.29, 1.82) is 0 Å². The number of rotatable bonds is 7. The van der Waals surface area contributed by atoms with Crippen LogP contribution in [0.5, 0.6) is 0 Å². The Balaban J connectivity index is 1.39. The SMILES string of the molecule is CCCc1nnc(NC(=O)CN2CCC(Cc3noc(C)n3)CC2)s1. The van der Waals surface area contributed by atoms with E-state index in [-0.39, 0.29) is 5.91 Å². The maximum atomic E-state index is 12.2. The van der Waals surface area contributed by atoms with Crippen LogP contribution >= 0.6 is 11.3 Å². The van der Waals surface area contributed by atoms with Crippen molar-refractivity contribution in [3.8, 4) is 0 Å². The first-order valence-electron chi connectivity index (χ1n) is 8.76. The molecule has 0 radical (unpaired) electrons. The van der Waals surface area contributed by atoms with Gasteiger partial charge in [-0.05, 0) is 38.3 Å². The highest BCUT2D eigenvalue weighted by Gasteiger charge is 2.22. The number of hydrogen-bond acceptors (Lipinski definition) is 8. The van der Waals surface area contributed by atoms with Crippen molar-refractivity contribution in [2.45, 2.75) is 46.0 Å². The molecule has 8 nitrogen and oxygen atoms in total. The molecule has 136 valence electrons. The van der Waals surface area contributed by atoms with Gasteiger partial charge in [-0.2, -0.15) is 4.98 Å². The van der Waals surface area contributed by atoms with Crippen LogP contribution < -0.4 is 5.32 Å². The fourth-order valence-electron chi connectivity index (χ4n) is 3.01. The highest BCUT2D eigenvalue weighted by atomic mass is 32.1. The van der Waals surface area contributed by atoms with E-state index in [9.17, 15) is 4.79 Å². The number of nitrogens with zero attached hydrogens (tertiary/aromatic N) is 5. The monoisotopic (exact) mass is 364 g/mol. The maximum Gasteiger partial charge on any atom is 0.240 e. The number of nitrogens with one attached hydrogen (secondary N) is 1. The molecule has 0 aromatic carbocycles. The third kappa shape index (κ3) is 5.30. The molecule has 1 N–H and O–H groups in total. The fourth-order valence-corrected chi connectivity index (χ4v) is 3.87. The predicted molar refractivity (Wildman–Crippen MR) is 94.4 cm³/mol. The second-order valence-electron chi connectivity index (χ2n) is 6.45. The van der Waals surface area contributed by atoms with Gasteiger partial charge in [-0.3, -0.25) is 15.0 Å². The second-order valence-corrected chi connectivity index (χ2v) is 7.51. The largest absolute Gasteiger partial charge is 0.340 e. The number of carbonyl (C=O) groups is 1. The Hall–Kier alpha value is -1.87. The van der Waals surface area contributed by atoms with Gasteiger partial charge in [0.25, 0.3) is 0 Å². The van der Waals surface area contributed by atoms with Crippen LogP contribution in [-0.4, -0.2) is 50.8 Å². The average molecular weight is 364 g/mol. The van der Waals surface area contributed by atoms with E-state index in [1.54, 1.807) is 6.92 Å². The van der Waals surface area contributed by atoms with Gasteiger partial charge in [0.05, 0.1) is 6.54 Å². The number of carbonyl (C=O) groups excluding carboxylic acids is 1. The number of aryl methyl sites for hydroxylation is 2. The number of aromatic nitrogens is 4. The number of hydrogen-bond donors (Lipinski definition) is 1. The summed E-state index contributed by atoms with van der Waals surface area (Å²) in [7, 11) is 0. The zero-order chi connectivity index (χ0) is 17.6. The Bertz CT molecular complexity index is 692. The van der Waals surface area contributed by atoms with Crippen molar-refractivity contribution in [2.75, 3.05) is 25.0 Å². The third-order valence-electron chi connectivity index (χ3n) is 4.29. The van der Waals surface area contributed by atoms with Gasteiger partial charge in [-0.25, -0.2) is 0 Å². The summed E-state index contributed by atoms with van der Waals surface area (Å²) < 4.78 is 5.02. The van der Waals surface area contributed by atoms with E-state index in [0.717, 1.165) is 56.0 Å². The van der Waals surface area contributed by atoms with Crippen LogP contribution in [-0.2, 0) is 17.6 Å². The maximum absolute atomic E-state index is 12.2. The molecule has 0 aliphatic carbocycles. The topological polar surface area (TPSA) is 97.0 Å². The molecule has 2 aromatic heterocycles. The molecule has 0 unspecified atom stereocenters. The minimum absolute atomic E-state index is 0.0218. The smallest absolute Gasteiger partial charge is 0.240 e. The van der Waals surface area contributed by atoms with Crippen LogP contribution in [0.1, 0.15) is 42.9 Å². The molecule has 0 spiro atoms. The molecule has 3 heterocycles. The quantitative estimate of drug-likeness (QED) is 0.803. The number of amides is 1. The van der Waals surface area contributed by atoms with E-state index in [1.165, 1.54) is 11.3 Å². The summed E-state index contributed by atoms with van der Waals surface area (Å²) in [6.45, 7) is 6.12. The van der Waals surface area contributed by atoms with E-state index in [1.807, 2.05) is 0 Å². The summed E-state index contributed by atoms with van der Waals surface area (Å²) >= 11 is 1.46. The molecule has 1 aliphatic heterocycles.